The van der Waals surface area contributed by atoms with Crippen molar-refractivity contribution in [1.82, 2.24) is 10.2 Å². The number of nitrogens with zero attached hydrogens (tertiary/aromatic N) is 1. The molecule has 1 unspecified atom stereocenters. The number of benzene rings is 2. The molecular formula is C23H27ClN2O4. The van der Waals surface area contributed by atoms with Crippen LogP contribution in [0.25, 0.3) is 0 Å². The van der Waals surface area contributed by atoms with Gasteiger partial charge in [-0.25, -0.2) is 0 Å². The number of ether oxygens (including phenoxy) is 2. The van der Waals surface area contributed by atoms with E-state index < -0.39 is 0 Å². The molecule has 2 aromatic rings. The zero-order valence-corrected chi connectivity index (χ0v) is 18.2. The van der Waals surface area contributed by atoms with Crippen LogP contribution in [0.5, 0.6) is 11.5 Å². The van der Waals surface area contributed by atoms with Crippen LogP contribution < -0.4 is 14.8 Å². The van der Waals surface area contributed by atoms with E-state index in [1.807, 2.05) is 18.7 Å². The van der Waals surface area contributed by atoms with E-state index in [0.717, 1.165) is 12.8 Å². The summed E-state index contributed by atoms with van der Waals surface area (Å²) in [7, 11) is 1.53. The fourth-order valence-electron chi connectivity index (χ4n) is 3.51. The number of halogens is 1. The Hall–Kier alpha value is -2.73. The van der Waals surface area contributed by atoms with E-state index in [-0.39, 0.29) is 23.9 Å². The van der Waals surface area contributed by atoms with Crippen LogP contribution in [0, 0.1) is 0 Å². The number of hydrogen-bond donors (Lipinski definition) is 1. The fraction of sp³-hybridized carbons (Fsp3) is 0.391. The lowest BCUT2D eigenvalue weighted by Crippen LogP contribution is -2.39. The Labute approximate surface area is 182 Å². The molecule has 160 valence electrons. The molecule has 7 heteroatoms. The molecular weight excluding hydrogens is 404 g/mol. The van der Waals surface area contributed by atoms with E-state index >= 15 is 0 Å². The predicted molar refractivity (Wildman–Crippen MR) is 117 cm³/mol. The molecule has 1 atom stereocenters. The van der Waals surface area contributed by atoms with Crippen molar-refractivity contribution in [3.8, 4) is 11.5 Å². The Morgan fingerprint density at radius 3 is 2.60 bits per heavy atom. The largest absolute Gasteiger partial charge is 0.496 e. The van der Waals surface area contributed by atoms with Crippen molar-refractivity contribution >= 4 is 23.4 Å². The number of carbonyl (C=O) groups is 2. The highest BCUT2D eigenvalue weighted by atomic mass is 35.5. The number of carbonyl (C=O) groups excluding carboxylic acids is 2. The summed E-state index contributed by atoms with van der Waals surface area (Å²) in [6.07, 6.45) is 1.79. The summed E-state index contributed by atoms with van der Waals surface area (Å²) in [4.78, 5) is 26.9. The van der Waals surface area contributed by atoms with Crippen LogP contribution in [-0.2, 0) is 0 Å². The minimum Gasteiger partial charge on any atom is -0.496 e. The average Bonchev–Trinajstić information content (AvgIpc) is 3.20. The van der Waals surface area contributed by atoms with Crippen LogP contribution in [0.3, 0.4) is 0 Å². The third kappa shape index (κ3) is 5.25. The Morgan fingerprint density at radius 2 is 1.93 bits per heavy atom. The van der Waals surface area contributed by atoms with Gasteiger partial charge in [0.2, 0.25) is 0 Å². The fourth-order valence-corrected chi connectivity index (χ4v) is 3.68. The van der Waals surface area contributed by atoms with Crippen LogP contribution in [0.15, 0.2) is 42.5 Å². The summed E-state index contributed by atoms with van der Waals surface area (Å²) in [5.41, 5.74) is 1.08. The first-order valence-electron chi connectivity index (χ1n) is 10.1. The highest BCUT2D eigenvalue weighted by molar-refractivity contribution is 6.30. The van der Waals surface area contributed by atoms with Crippen molar-refractivity contribution in [2.75, 3.05) is 20.3 Å². The van der Waals surface area contributed by atoms with E-state index in [9.17, 15) is 9.59 Å². The van der Waals surface area contributed by atoms with Crippen molar-refractivity contribution in [3.05, 3.63) is 58.6 Å². The van der Waals surface area contributed by atoms with Gasteiger partial charge in [0.1, 0.15) is 18.1 Å². The maximum absolute atomic E-state index is 13.1. The SMILES string of the molecule is COc1cc(Cl)ccc1C(=O)N1CCCC1COc1ccc(C(=O)NC(C)C)cc1. The van der Waals surface area contributed by atoms with Gasteiger partial charge in [-0.1, -0.05) is 11.6 Å². The minimum absolute atomic E-state index is 0.0261. The van der Waals surface area contributed by atoms with Gasteiger partial charge in [-0.2, -0.15) is 0 Å². The van der Waals surface area contributed by atoms with E-state index in [1.165, 1.54) is 7.11 Å². The molecule has 1 N–H and O–H groups in total. The van der Waals surface area contributed by atoms with Gasteiger partial charge in [-0.3, -0.25) is 9.59 Å². The van der Waals surface area contributed by atoms with Gasteiger partial charge in [0, 0.05) is 23.2 Å². The van der Waals surface area contributed by atoms with Gasteiger partial charge in [-0.15, -0.1) is 0 Å². The van der Waals surface area contributed by atoms with Gasteiger partial charge >= 0.3 is 0 Å². The molecule has 3 rings (SSSR count). The van der Waals surface area contributed by atoms with E-state index in [0.29, 0.717) is 40.8 Å². The molecule has 0 spiro atoms. The first-order valence-corrected chi connectivity index (χ1v) is 10.4. The van der Waals surface area contributed by atoms with Crippen molar-refractivity contribution in [2.45, 2.75) is 38.8 Å². The molecule has 30 heavy (non-hydrogen) atoms. The Bertz CT molecular complexity index is 899. The second-order valence-electron chi connectivity index (χ2n) is 7.60. The molecule has 2 aromatic carbocycles. The Morgan fingerprint density at radius 1 is 1.20 bits per heavy atom. The summed E-state index contributed by atoms with van der Waals surface area (Å²) in [5.74, 6) is 0.935. The number of hydrogen-bond acceptors (Lipinski definition) is 4. The standard InChI is InChI=1S/C23H27ClN2O4/c1-15(2)25-22(27)16-6-9-19(10-7-16)30-14-18-5-4-12-26(18)23(28)20-11-8-17(24)13-21(20)29-3/h6-11,13,15,18H,4-5,12,14H2,1-3H3,(H,25,27). The zero-order chi connectivity index (χ0) is 21.7. The number of rotatable bonds is 7. The lowest BCUT2D eigenvalue weighted by Gasteiger charge is -2.25. The molecule has 0 aliphatic carbocycles. The second kappa shape index (κ2) is 9.85. The van der Waals surface area contributed by atoms with Crippen molar-refractivity contribution < 1.29 is 19.1 Å². The molecule has 1 saturated heterocycles. The molecule has 1 heterocycles. The molecule has 1 aliphatic heterocycles. The molecule has 2 amide bonds. The van der Waals surface area contributed by atoms with Crippen LogP contribution in [0.1, 0.15) is 47.4 Å². The molecule has 0 bridgehead atoms. The van der Waals surface area contributed by atoms with Gasteiger partial charge in [0.25, 0.3) is 11.8 Å². The van der Waals surface area contributed by atoms with Crippen LogP contribution in [-0.4, -0.2) is 49.1 Å². The maximum atomic E-state index is 13.1. The molecule has 0 saturated carbocycles. The summed E-state index contributed by atoms with van der Waals surface area (Å²) < 4.78 is 11.2. The molecule has 6 nitrogen and oxygen atoms in total. The van der Waals surface area contributed by atoms with Gasteiger partial charge in [0.05, 0.1) is 18.7 Å². The van der Waals surface area contributed by atoms with Crippen molar-refractivity contribution in [3.63, 3.8) is 0 Å². The van der Waals surface area contributed by atoms with Crippen LogP contribution in [0.4, 0.5) is 0 Å². The number of methoxy groups -OCH3 is 1. The number of amides is 2. The minimum atomic E-state index is -0.110. The monoisotopic (exact) mass is 430 g/mol. The topological polar surface area (TPSA) is 67.9 Å². The van der Waals surface area contributed by atoms with Gasteiger partial charge in [0.15, 0.2) is 0 Å². The second-order valence-corrected chi connectivity index (χ2v) is 8.04. The van der Waals surface area contributed by atoms with E-state index in [2.05, 4.69) is 5.32 Å². The Kier molecular flexibility index (Phi) is 7.21. The quantitative estimate of drug-likeness (QED) is 0.715. The predicted octanol–water partition coefficient (Wildman–Crippen LogP) is 4.17. The molecule has 1 fully saturated rings. The third-order valence-electron chi connectivity index (χ3n) is 5.01. The lowest BCUT2D eigenvalue weighted by atomic mass is 10.1. The third-order valence-corrected chi connectivity index (χ3v) is 5.25. The summed E-state index contributed by atoms with van der Waals surface area (Å²) in [6.45, 7) is 4.90. The first-order chi connectivity index (χ1) is 14.4. The summed E-state index contributed by atoms with van der Waals surface area (Å²) in [6, 6.07) is 12.1. The lowest BCUT2D eigenvalue weighted by molar-refractivity contribution is 0.0688. The maximum Gasteiger partial charge on any atom is 0.257 e. The van der Waals surface area contributed by atoms with E-state index in [4.69, 9.17) is 21.1 Å². The normalized spacial score (nSPS) is 15.9. The molecule has 0 radical (unpaired) electrons. The van der Waals surface area contributed by atoms with Crippen LogP contribution >= 0.6 is 11.6 Å². The summed E-state index contributed by atoms with van der Waals surface area (Å²) in [5, 5.41) is 3.38. The first kappa shape index (κ1) is 22.0. The highest BCUT2D eigenvalue weighted by Gasteiger charge is 2.31. The summed E-state index contributed by atoms with van der Waals surface area (Å²) >= 11 is 6.01. The zero-order valence-electron chi connectivity index (χ0n) is 17.5. The van der Waals surface area contributed by atoms with Gasteiger partial charge < -0.3 is 19.7 Å². The smallest absolute Gasteiger partial charge is 0.257 e. The van der Waals surface area contributed by atoms with Crippen molar-refractivity contribution in [2.24, 2.45) is 0 Å². The number of nitrogens with one attached hydrogen (secondary N) is 1. The molecule has 1 aliphatic rings. The van der Waals surface area contributed by atoms with E-state index in [1.54, 1.807) is 42.5 Å². The van der Waals surface area contributed by atoms with Gasteiger partial charge in [-0.05, 0) is 69.2 Å². The Balaban J connectivity index is 1.63. The van der Waals surface area contributed by atoms with Crippen molar-refractivity contribution in [1.29, 1.82) is 0 Å². The van der Waals surface area contributed by atoms with Crippen LogP contribution in [0.2, 0.25) is 5.02 Å². The highest BCUT2D eigenvalue weighted by Crippen LogP contribution is 2.28. The average molecular weight is 431 g/mol. The molecule has 0 aromatic heterocycles. The number of likely N-dealkylation sites (tertiary alicyclic amines) is 1.